The van der Waals surface area contributed by atoms with Crippen LogP contribution in [0.2, 0.25) is 0 Å². The van der Waals surface area contributed by atoms with Gasteiger partial charge < -0.3 is 10.6 Å². The Morgan fingerprint density at radius 2 is 1.00 bits per heavy atom. The fourth-order valence-corrected chi connectivity index (χ4v) is 4.18. The third-order valence-corrected chi connectivity index (χ3v) is 5.97. The molecule has 3 aliphatic rings. The Hall–Kier alpha value is -0.0800. The summed E-state index contributed by atoms with van der Waals surface area (Å²) >= 11 is 0. The first-order chi connectivity index (χ1) is 9.74. The lowest BCUT2D eigenvalue weighted by atomic mass is 9.53. The van der Waals surface area contributed by atoms with Crippen molar-refractivity contribution in [2.24, 2.45) is 10.8 Å². The topological polar surface area (TPSA) is 24.1 Å². The Kier molecular flexibility index (Phi) is 6.35. The predicted octanol–water partition coefficient (Wildman–Crippen LogP) is 4.11. The van der Waals surface area contributed by atoms with Gasteiger partial charge in [-0.05, 0) is 75.3 Å². The standard InChI is InChI=1S/C18H36N2/c1-3-5-13-19-15-17-7-10-18(11-8-17,12-9-17)16-20-14-6-4-2/h19-20H,3-16H2,1-2H3. The van der Waals surface area contributed by atoms with Gasteiger partial charge in [-0.25, -0.2) is 0 Å². The monoisotopic (exact) mass is 280 g/mol. The second-order valence-electron chi connectivity index (χ2n) is 7.56. The highest BCUT2D eigenvalue weighted by Gasteiger charge is 2.47. The molecule has 0 unspecified atom stereocenters. The average molecular weight is 280 g/mol. The van der Waals surface area contributed by atoms with Crippen molar-refractivity contribution in [1.82, 2.24) is 10.6 Å². The number of unbranched alkanes of at least 4 members (excludes halogenated alkanes) is 2. The van der Waals surface area contributed by atoms with Crippen LogP contribution in [0.1, 0.15) is 78.1 Å². The molecule has 0 aromatic rings. The van der Waals surface area contributed by atoms with Gasteiger partial charge in [0.05, 0.1) is 0 Å². The maximum absolute atomic E-state index is 3.73. The fourth-order valence-electron chi connectivity index (χ4n) is 4.18. The zero-order chi connectivity index (χ0) is 14.3. The van der Waals surface area contributed by atoms with E-state index in [1.165, 1.54) is 90.4 Å². The lowest BCUT2D eigenvalue weighted by Gasteiger charge is -2.54. The minimum atomic E-state index is 0.666. The first kappa shape index (κ1) is 16.3. The van der Waals surface area contributed by atoms with Crippen LogP contribution in [-0.2, 0) is 0 Å². The number of hydrogen-bond donors (Lipinski definition) is 2. The summed E-state index contributed by atoms with van der Waals surface area (Å²) in [6, 6.07) is 0. The van der Waals surface area contributed by atoms with Crippen molar-refractivity contribution in [3.63, 3.8) is 0 Å². The molecule has 0 radical (unpaired) electrons. The Labute approximate surface area is 126 Å². The molecular weight excluding hydrogens is 244 g/mol. The first-order valence-corrected chi connectivity index (χ1v) is 9.16. The molecule has 0 aromatic carbocycles. The summed E-state index contributed by atoms with van der Waals surface area (Å²) in [6.45, 7) is 9.57. The Morgan fingerprint density at radius 3 is 1.30 bits per heavy atom. The largest absolute Gasteiger partial charge is 0.316 e. The van der Waals surface area contributed by atoms with Gasteiger partial charge in [0.25, 0.3) is 0 Å². The molecule has 3 saturated carbocycles. The quantitative estimate of drug-likeness (QED) is 0.589. The summed E-state index contributed by atoms with van der Waals surface area (Å²) in [6.07, 6.45) is 14.1. The molecule has 0 heterocycles. The highest BCUT2D eigenvalue weighted by molar-refractivity contribution is 5.01. The van der Waals surface area contributed by atoms with E-state index in [1.54, 1.807) is 0 Å². The molecule has 0 aliphatic heterocycles. The Balaban J connectivity index is 1.70. The summed E-state index contributed by atoms with van der Waals surface area (Å²) in [7, 11) is 0. The molecule has 0 saturated heterocycles. The van der Waals surface area contributed by atoms with Gasteiger partial charge in [0.2, 0.25) is 0 Å². The van der Waals surface area contributed by atoms with Crippen LogP contribution >= 0.6 is 0 Å². The Morgan fingerprint density at radius 1 is 0.650 bits per heavy atom. The number of hydrogen-bond acceptors (Lipinski definition) is 2. The van der Waals surface area contributed by atoms with E-state index in [0.29, 0.717) is 10.8 Å². The summed E-state index contributed by atoms with van der Waals surface area (Å²) < 4.78 is 0. The molecule has 0 atom stereocenters. The highest BCUT2D eigenvalue weighted by Crippen LogP contribution is 2.56. The van der Waals surface area contributed by atoms with E-state index in [2.05, 4.69) is 24.5 Å². The summed E-state index contributed by atoms with van der Waals surface area (Å²) in [4.78, 5) is 0. The number of fused-ring (bicyclic) bond motifs is 3. The molecule has 2 bridgehead atoms. The summed E-state index contributed by atoms with van der Waals surface area (Å²) in [5, 5.41) is 7.46. The van der Waals surface area contributed by atoms with Gasteiger partial charge in [-0.15, -0.1) is 0 Å². The molecule has 2 N–H and O–H groups in total. The minimum Gasteiger partial charge on any atom is -0.316 e. The SMILES string of the molecule is CCCCNCC12CCC(CNCCCC)(CC1)CC2. The lowest BCUT2D eigenvalue weighted by molar-refractivity contribution is -0.00719. The molecule has 0 spiro atoms. The summed E-state index contributed by atoms with van der Waals surface area (Å²) in [5.41, 5.74) is 1.33. The van der Waals surface area contributed by atoms with Gasteiger partial charge in [-0.2, -0.15) is 0 Å². The van der Waals surface area contributed by atoms with E-state index in [4.69, 9.17) is 0 Å². The molecule has 3 aliphatic carbocycles. The van der Waals surface area contributed by atoms with Crippen LogP contribution in [0.25, 0.3) is 0 Å². The average Bonchev–Trinajstić information content (AvgIpc) is 2.50. The van der Waals surface area contributed by atoms with Crippen molar-refractivity contribution in [1.29, 1.82) is 0 Å². The van der Waals surface area contributed by atoms with Crippen LogP contribution in [0, 0.1) is 10.8 Å². The van der Waals surface area contributed by atoms with Crippen molar-refractivity contribution in [2.75, 3.05) is 26.2 Å². The molecule has 20 heavy (non-hydrogen) atoms. The van der Waals surface area contributed by atoms with Crippen molar-refractivity contribution in [3.05, 3.63) is 0 Å². The Bertz CT molecular complexity index is 222. The van der Waals surface area contributed by atoms with E-state index in [0.717, 1.165) is 0 Å². The molecule has 118 valence electrons. The van der Waals surface area contributed by atoms with Crippen LogP contribution in [0.5, 0.6) is 0 Å². The van der Waals surface area contributed by atoms with E-state index >= 15 is 0 Å². The van der Waals surface area contributed by atoms with Gasteiger partial charge in [0.15, 0.2) is 0 Å². The second kappa shape index (κ2) is 7.79. The molecule has 3 fully saturated rings. The number of nitrogens with one attached hydrogen (secondary N) is 2. The first-order valence-electron chi connectivity index (χ1n) is 9.16. The second-order valence-corrected chi connectivity index (χ2v) is 7.56. The predicted molar refractivity (Wildman–Crippen MR) is 88.1 cm³/mol. The van der Waals surface area contributed by atoms with Crippen LogP contribution < -0.4 is 10.6 Å². The fraction of sp³-hybridized carbons (Fsp3) is 1.00. The molecule has 0 amide bonds. The third kappa shape index (κ3) is 4.21. The van der Waals surface area contributed by atoms with Gasteiger partial charge in [-0.3, -0.25) is 0 Å². The normalized spacial score (nSPS) is 32.7. The molecule has 2 nitrogen and oxygen atoms in total. The molecule has 2 heteroatoms. The zero-order valence-electron chi connectivity index (χ0n) is 13.9. The van der Waals surface area contributed by atoms with Crippen molar-refractivity contribution >= 4 is 0 Å². The van der Waals surface area contributed by atoms with Crippen molar-refractivity contribution < 1.29 is 0 Å². The van der Waals surface area contributed by atoms with Gasteiger partial charge in [-0.1, -0.05) is 26.7 Å². The van der Waals surface area contributed by atoms with E-state index in [-0.39, 0.29) is 0 Å². The maximum Gasteiger partial charge on any atom is 0.000782 e. The van der Waals surface area contributed by atoms with Gasteiger partial charge in [0, 0.05) is 13.1 Å². The van der Waals surface area contributed by atoms with Crippen LogP contribution in [0.15, 0.2) is 0 Å². The van der Waals surface area contributed by atoms with Crippen molar-refractivity contribution in [2.45, 2.75) is 78.1 Å². The lowest BCUT2D eigenvalue weighted by Crippen LogP contribution is -2.50. The summed E-state index contributed by atoms with van der Waals surface area (Å²) in [5.74, 6) is 0. The van der Waals surface area contributed by atoms with Gasteiger partial charge >= 0.3 is 0 Å². The van der Waals surface area contributed by atoms with Gasteiger partial charge in [0.1, 0.15) is 0 Å². The van der Waals surface area contributed by atoms with Crippen LogP contribution in [-0.4, -0.2) is 26.2 Å². The van der Waals surface area contributed by atoms with E-state index in [1.807, 2.05) is 0 Å². The van der Waals surface area contributed by atoms with E-state index in [9.17, 15) is 0 Å². The van der Waals surface area contributed by atoms with E-state index < -0.39 is 0 Å². The molecular formula is C18H36N2. The zero-order valence-corrected chi connectivity index (χ0v) is 13.9. The highest BCUT2D eigenvalue weighted by atomic mass is 14.9. The smallest absolute Gasteiger partial charge is 0.000782 e. The minimum absolute atomic E-state index is 0.666. The molecule has 3 rings (SSSR count). The van der Waals surface area contributed by atoms with Crippen LogP contribution in [0.3, 0.4) is 0 Å². The third-order valence-electron chi connectivity index (χ3n) is 5.97. The van der Waals surface area contributed by atoms with Crippen LogP contribution in [0.4, 0.5) is 0 Å². The number of rotatable bonds is 10. The van der Waals surface area contributed by atoms with Crippen molar-refractivity contribution in [3.8, 4) is 0 Å². The maximum atomic E-state index is 3.73. The molecule has 0 aromatic heterocycles.